The Balaban J connectivity index is 1.88. The summed E-state index contributed by atoms with van der Waals surface area (Å²) in [5.41, 5.74) is 3.99. The third kappa shape index (κ3) is 2.94. The van der Waals surface area contributed by atoms with Crippen LogP contribution in [0, 0.1) is 0 Å². The first-order valence-corrected chi connectivity index (χ1v) is 6.93. The van der Waals surface area contributed by atoms with E-state index in [0.717, 1.165) is 23.4 Å². The Morgan fingerprint density at radius 1 is 1.10 bits per heavy atom. The van der Waals surface area contributed by atoms with Gasteiger partial charge < -0.3 is 9.55 Å². The van der Waals surface area contributed by atoms with Gasteiger partial charge in [-0.3, -0.25) is 4.79 Å². The fourth-order valence-corrected chi connectivity index (χ4v) is 2.43. The molecule has 3 rings (SSSR count). The van der Waals surface area contributed by atoms with Gasteiger partial charge in [-0.05, 0) is 11.6 Å². The molecule has 0 saturated heterocycles. The number of aromatic nitrogens is 3. The van der Waals surface area contributed by atoms with Gasteiger partial charge in [0.2, 0.25) is 0 Å². The predicted octanol–water partition coefficient (Wildman–Crippen LogP) is 2.29. The minimum absolute atomic E-state index is 0.0537. The number of hydrogen-bond donors (Lipinski definition) is 1. The maximum Gasteiger partial charge on any atom is 0.254 e. The van der Waals surface area contributed by atoms with Gasteiger partial charge >= 0.3 is 0 Å². The molecule has 0 unspecified atom stereocenters. The van der Waals surface area contributed by atoms with Crippen molar-refractivity contribution in [2.75, 3.05) is 0 Å². The number of aromatic amines is 1. The Morgan fingerprint density at radius 2 is 1.90 bits per heavy atom. The van der Waals surface area contributed by atoms with Crippen LogP contribution in [-0.4, -0.2) is 14.5 Å². The molecule has 0 atom stereocenters. The fraction of sp³-hybridized carbons (Fsp3) is 0.176. The highest BCUT2D eigenvalue weighted by atomic mass is 16.1. The average molecular weight is 279 g/mol. The van der Waals surface area contributed by atoms with E-state index in [0.29, 0.717) is 6.42 Å². The molecule has 0 radical (unpaired) electrons. The van der Waals surface area contributed by atoms with Crippen molar-refractivity contribution in [2.45, 2.75) is 12.8 Å². The summed E-state index contributed by atoms with van der Waals surface area (Å²) in [6, 6.07) is 14.1. The van der Waals surface area contributed by atoms with E-state index < -0.39 is 0 Å². The highest BCUT2D eigenvalue weighted by Crippen LogP contribution is 2.09. The number of H-pyrrole nitrogens is 1. The van der Waals surface area contributed by atoms with Gasteiger partial charge in [0.1, 0.15) is 0 Å². The van der Waals surface area contributed by atoms with E-state index in [2.05, 4.69) is 22.1 Å². The molecule has 0 bridgehead atoms. The molecule has 2 heterocycles. The van der Waals surface area contributed by atoms with Crippen LogP contribution in [0.5, 0.6) is 0 Å². The summed E-state index contributed by atoms with van der Waals surface area (Å²) in [4.78, 5) is 19.4. The Morgan fingerprint density at radius 3 is 2.62 bits per heavy atom. The SMILES string of the molecule is Cn1c(Cc2ccccc2)ccc(Cc2cnc[nH]2)c1=O. The largest absolute Gasteiger partial charge is 0.348 e. The summed E-state index contributed by atoms with van der Waals surface area (Å²) in [6.45, 7) is 0. The van der Waals surface area contributed by atoms with E-state index in [4.69, 9.17) is 0 Å². The second-order valence-corrected chi connectivity index (χ2v) is 5.13. The maximum absolute atomic E-state index is 12.4. The monoisotopic (exact) mass is 279 g/mol. The summed E-state index contributed by atoms with van der Waals surface area (Å²) in [5.74, 6) is 0. The van der Waals surface area contributed by atoms with E-state index in [-0.39, 0.29) is 5.56 Å². The van der Waals surface area contributed by atoms with Crippen LogP contribution in [0.15, 0.2) is 59.8 Å². The third-order valence-electron chi connectivity index (χ3n) is 3.65. The zero-order valence-corrected chi connectivity index (χ0v) is 11.9. The van der Waals surface area contributed by atoms with E-state index in [1.807, 2.05) is 37.4 Å². The average Bonchev–Trinajstić information content (AvgIpc) is 3.01. The molecule has 0 spiro atoms. The van der Waals surface area contributed by atoms with Crippen molar-refractivity contribution < 1.29 is 0 Å². The zero-order chi connectivity index (χ0) is 14.7. The third-order valence-corrected chi connectivity index (χ3v) is 3.65. The molecule has 0 aliphatic heterocycles. The van der Waals surface area contributed by atoms with Crippen LogP contribution in [0.25, 0.3) is 0 Å². The lowest BCUT2D eigenvalue weighted by Gasteiger charge is -2.10. The van der Waals surface area contributed by atoms with Crippen molar-refractivity contribution in [1.29, 1.82) is 0 Å². The highest BCUT2D eigenvalue weighted by Gasteiger charge is 2.08. The van der Waals surface area contributed by atoms with Gasteiger partial charge in [-0.2, -0.15) is 0 Å². The lowest BCUT2D eigenvalue weighted by Crippen LogP contribution is -2.24. The van der Waals surface area contributed by atoms with Crippen LogP contribution in [0.3, 0.4) is 0 Å². The van der Waals surface area contributed by atoms with Crippen LogP contribution in [0.2, 0.25) is 0 Å². The molecule has 1 aromatic carbocycles. The van der Waals surface area contributed by atoms with Gasteiger partial charge in [-0.25, -0.2) is 4.98 Å². The normalized spacial score (nSPS) is 10.7. The van der Waals surface area contributed by atoms with E-state index in [1.165, 1.54) is 5.56 Å². The van der Waals surface area contributed by atoms with Crippen LogP contribution in [-0.2, 0) is 19.9 Å². The number of rotatable bonds is 4. The number of hydrogen-bond acceptors (Lipinski definition) is 2. The first-order valence-electron chi connectivity index (χ1n) is 6.93. The summed E-state index contributed by atoms with van der Waals surface area (Å²) in [7, 11) is 1.83. The van der Waals surface area contributed by atoms with E-state index >= 15 is 0 Å². The molecule has 0 fully saturated rings. The van der Waals surface area contributed by atoms with Crippen molar-refractivity contribution in [2.24, 2.45) is 7.05 Å². The first-order chi connectivity index (χ1) is 10.2. The minimum atomic E-state index is 0.0537. The molecule has 0 amide bonds. The smallest absolute Gasteiger partial charge is 0.254 e. The number of pyridine rings is 1. The summed E-state index contributed by atoms with van der Waals surface area (Å²) in [6.07, 6.45) is 4.72. The Bertz CT molecular complexity index is 774. The molecule has 4 nitrogen and oxygen atoms in total. The zero-order valence-electron chi connectivity index (χ0n) is 11.9. The van der Waals surface area contributed by atoms with Crippen molar-refractivity contribution in [3.8, 4) is 0 Å². The molecule has 3 aromatic rings. The molecule has 2 aromatic heterocycles. The molecule has 4 heteroatoms. The highest BCUT2D eigenvalue weighted by molar-refractivity contribution is 5.26. The van der Waals surface area contributed by atoms with Crippen LogP contribution in [0.1, 0.15) is 22.5 Å². The second-order valence-electron chi connectivity index (χ2n) is 5.13. The van der Waals surface area contributed by atoms with Gasteiger partial charge in [-0.15, -0.1) is 0 Å². The van der Waals surface area contributed by atoms with Gasteiger partial charge in [0, 0.05) is 43.0 Å². The van der Waals surface area contributed by atoms with Crippen LogP contribution >= 0.6 is 0 Å². The molecular formula is C17H17N3O. The molecule has 0 aliphatic rings. The molecule has 1 N–H and O–H groups in total. The van der Waals surface area contributed by atoms with E-state index in [9.17, 15) is 4.79 Å². The fourth-order valence-electron chi connectivity index (χ4n) is 2.43. The topological polar surface area (TPSA) is 50.7 Å². The number of benzene rings is 1. The van der Waals surface area contributed by atoms with Crippen molar-refractivity contribution in [3.05, 3.63) is 87.9 Å². The lowest BCUT2D eigenvalue weighted by molar-refractivity contribution is 0.777. The minimum Gasteiger partial charge on any atom is -0.348 e. The van der Waals surface area contributed by atoms with Gasteiger partial charge in [0.05, 0.1) is 6.33 Å². The Kier molecular flexibility index (Phi) is 3.69. The van der Waals surface area contributed by atoms with Crippen LogP contribution in [0.4, 0.5) is 0 Å². The quantitative estimate of drug-likeness (QED) is 0.796. The predicted molar refractivity (Wildman–Crippen MR) is 82.3 cm³/mol. The number of imidazole rings is 1. The van der Waals surface area contributed by atoms with Gasteiger partial charge in [0.15, 0.2) is 0 Å². The van der Waals surface area contributed by atoms with Gasteiger partial charge in [-0.1, -0.05) is 36.4 Å². The lowest BCUT2D eigenvalue weighted by atomic mass is 10.1. The number of nitrogens with one attached hydrogen (secondary N) is 1. The Labute approximate surface area is 123 Å². The molecule has 21 heavy (non-hydrogen) atoms. The molecule has 0 aliphatic carbocycles. The van der Waals surface area contributed by atoms with Crippen molar-refractivity contribution in [1.82, 2.24) is 14.5 Å². The summed E-state index contributed by atoms with van der Waals surface area (Å²) in [5, 5.41) is 0. The van der Waals surface area contributed by atoms with Gasteiger partial charge in [0.25, 0.3) is 5.56 Å². The maximum atomic E-state index is 12.4. The summed E-state index contributed by atoms with van der Waals surface area (Å²) >= 11 is 0. The second kappa shape index (κ2) is 5.79. The molecular weight excluding hydrogens is 262 g/mol. The Hall–Kier alpha value is -2.62. The summed E-state index contributed by atoms with van der Waals surface area (Å²) < 4.78 is 1.73. The van der Waals surface area contributed by atoms with E-state index in [1.54, 1.807) is 17.1 Å². The van der Waals surface area contributed by atoms with Crippen molar-refractivity contribution in [3.63, 3.8) is 0 Å². The van der Waals surface area contributed by atoms with Crippen molar-refractivity contribution >= 4 is 0 Å². The standard InChI is InChI=1S/C17H17N3O/c1-20-16(9-13-5-3-2-4-6-13)8-7-14(17(20)21)10-15-11-18-12-19-15/h2-8,11-12H,9-10H2,1H3,(H,18,19). The molecule has 0 saturated carbocycles. The molecule has 106 valence electrons. The first kappa shape index (κ1) is 13.4. The van der Waals surface area contributed by atoms with Crippen LogP contribution < -0.4 is 5.56 Å². The number of nitrogens with zero attached hydrogens (tertiary/aromatic N) is 2.